The molecule has 1 aromatic carbocycles. The summed E-state index contributed by atoms with van der Waals surface area (Å²) in [6.07, 6.45) is -2.54. The van der Waals surface area contributed by atoms with Crippen molar-refractivity contribution in [3.8, 4) is 0 Å². The lowest BCUT2D eigenvalue weighted by Gasteiger charge is -2.38. The lowest BCUT2D eigenvalue weighted by molar-refractivity contribution is -0.305. The Morgan fingerprint density at radius 3 is 2.40 bits per heavy atom. The van der Waals surface area contributed by atoms with Gasteiger partial charge in [-0.2, -0.15) is 13.2 Å². The van der Waals surface area contributed by atoms with Gasteiger partial charge in [-0.3, -0.25) is 0 Å². The molecule has 1 atom stereocenters. The average molecular weight is 322 g/mol. The van der Waals surface area contributed by atoms with Crippen LogP contribution in [0.1, 0.15) is 0 Å². The van der Waals surface area contributed by atoms with E-state index in [1.807, 2.05) is 0 Å². The van der Waals surface area contributed by atoms with Gasteiger partial charge < -0.3 is 10.0 Å². The Labute approximate surface area is 122 Å². The van der Waals surface area contributed by atoms with E-state index < -0.39 is 23.3 Å². The van der Waals surface area contributed by atoms with E-state index in [1.54, 1.807) is 30.5 Å². The summed E-state index contributed by atoms with van der Waals surface area (Å²) in [5.74, 6) is -0.756. The molecule has 0 radical (unpaired) electrons. The van der Waals surface area contributed by atoms with Gasteiger partial charge in [-0.1, -0.05) is 11.6 Å². The van der Waals surface area contributed by atoms with Crippen LogP contribution in [0.4, 0.5) is 18.9 Å². The van der Waals surface area contributed by atoms with Crippen molar-refractivity contribution in [1.29, 1.82) is 0 Å². The molecule has 20 heavy (non-hydrogen) atoms. The molecule has 108 valence electrons. The number of halogens is 4. The molecule has 0 bridgehead atoms. The largest absolute Gasteiger partial charge is 0.860 e. The zero-order chi connectivity index (χ0) is 14.9. The Kier molecular flexibility index (Phi) is 4.19. The van der Waals surface area contributed by atoms with Crippen LogP contribution in [0.5, 0.6) is 0 Å². The summed E-state index contributed by atoms with van der Waals surface area (Å²) in [4.78, 5) is 4.76. The van der Waals surface area contributed by atoms with E-state index in [0.29, 0.717) is 16.8 Å². The summed E-state index contributed by atoms with van der Waals surface area (Å²) >= 11 is 6.79. The van der Waals surface area contributed by atoms with Gasteiger partial charge in [0.2, 0.25) is 0 Å². The second-order valence-corrected chi connectivity index (χ2v) is 5.23. The van der Waals surface area contributed by atoms with E-state index in [0.717, 1.165) is 11.8 Å². The van der Waals surface area contributed by atoms with Crippen LogP contribution < -0.4 is 10.0 Å². The van der Waals surface area contributed by atoms with Gasteiger partial charge in [-0.15, -0.1) is 11.8 Å². The summed E-state index contributed by atoms with van der Waals surface area (Å²) in [6.45, 7) is 0. The van der Waals surface area contributed by atoms with Gasteiger partial charge in [0.15, 0.2) is 5.50 Å². The standard InChI is InChI=1S/C12H10ClF3N2OS/c1-20-11-17-9(12(14,15)16)6-10(19)18(11)8-4-2-7(13)3-5-8/h2-6,11,19H,1H3/p-1. The molecule has 0 aromatic heterocycles. The first-order valence-electron chi connectivity index (χ1n) is 5.44. The van der Waals surface area contributed by atoms with E-state index in [-0.39, 0.29) is 0 Å². The van der Waals surface area contributed by atoms with Crippen molar-refractivity contribution < 1.29 is 18.3 Å². The molecule has 1 aromatic rings. The first kappa shape index (κ1) is 15.1. The van der Waals surface area contributed by atoms with Crippen molar-refractivity contribution in [1.82, 2.24) is 0 Å². The molecular weight excluding hydrogens is 313 g/mol. The first-order chi connectivity index (χ1) is 9.32. The Balaban J connectivity index is 2.39. The minimum Gasteiger partial charge on any atom is -0.860 e. The maximum Gasteiger partial charge on any atom is 0.433 e. The van der Waals surface area contributed by atoms with Gasteiger partial charge in [0, 0.05) is 10.7 Å². The van der Waals surface area contributed by atoms with Crippen LogP contribution in [0.25, 0.3) is 0 Å². The number of hydrogen-bond donors (Lipinski definition) is 0. The monoisotopic (exact) mass is 321 g/mol. The number of nitrogens with zero attached hydrogens (tertiary/aromatic N) is 2. The van der Waals surface area contributed by atoms with Crippen LogP contribution >= 0.6 is 23.4 Å². The van der Waals surface area contributed by atoms with Crippen molar-refractivity contribution in [2.24, 2.45) is 4.99 Å². The van der Waals surface area contributed by atoms with Gasteiger partial charge in [0.25, 0.3) is 0 Å². The molecule has 0 N–H and O–H groups in total. The van der Waals surface area contributed by atoms with Crippen molar-refractivity contribution in [3.05, 3.63) is 41.2 Å². The van der Waals surface area contributed by atoms with Crippen LogP contribution in [0.15, 0.2) is 41.2 Å². The second-order valence-electron chi connectivity index (χ2n) is 3.90. The number of hydrogen-bond acceptors (Lipinski definition) is 4. The van der Waals surface area contributed by atoms with Gasteiger partial charge in [-0.25, -0.2) is 4.99 Å². The van der Waals surface area contributed by atoms with Crippen molar-refractivity contribution in [3.63, 3.8) is 0 Å². The smallest absolute Gasteiger partial charge is 0.433 e. The van der Waals surface area contributed by atoms with Crippen LogP contribution in [0.2, 0.25) is 5.02 Å². The molecule has 0 aliphatic carbocycles. The molecule has 0 saturated heterocycles. The molecule has 1 aliphatic rings. The second kappa shape index (κ2) is 5.57. The number of alkyl halides is 3. The Morgan fingerprint density at radius 2 is 1.90 bits per heavy atom. The minimum absolute atomic E-state index is 0.444. The number of rotatable bonds is 2. The zero-order valence-corrected chi connectivity index (χ0v) is 11.8. The summed E-state index contributed by atoms with van der Waals surface area (Å²) in [6, 6.07) is 6.24. The molecule has 3 nitrogen and oxygen atoms in total. The predicted molar refractivity (Wildman–Crippen MR) is 72.8 cm³/mol. The van der Waals surface area contributed by atoms with Crippen molar-refractivity contribution in [2.75, 3.05) is 11.2 Å². The van der Waals surface area contributed by atoms with Crippen LogP contribution in [-0.2, 0) is 0 Å². The van der Waals surface area contributed by atoms with Crippen LogP contribution in [0, 0.1) is 0 Å². The lowest BCUT2D eigenvalue weighted by atomic mass is 10.2. The van der Waals surface area contributed by atoms with Crippen LogP contribution in [-0.4, -0.2) is 23.6 Å². The van der Waals surface area contributed by atoms with E-state index >= 15 is 0 Å². The normalized spacial score (nSPS) is 19.6. The molecule has 0 saturated carbocycles. The summed E-state index contributed by atoms with van der Waals surface area (Å²) in [7, 11) is 0. The number of benzene rings is 1. The maximum atomic E-state index is 12.6. The van der Waals surface area contributed by atoms with Crippen LogP contribution in [0.3, 0.4) is 0 Å². The first-order valence-corrected chi connectivity index (χ1v) is 7.11. The molecule has 0 spiro atoms. The summed E-state index contributed by atoms with van der Waals surface area (Å²) < 4.78 is 37.9. The molecule has 1 unspecified atom stereocenters. The number of aliphatic imine (C=N–C) groups is 1. The zero-order valence-electron chi connectivity index (χ0n) is 10.2. The SMILES string of the molecule is CSC1N=C(C(F)(F)F)C=C([O-])N1c1ccc(Cl)cc1. The van der Waals surface area contributed by atoms with Crippen molar-refractivity contribution in [2.45, 2.75) is 11.7 Å². The highest BCUT2D eigenvalue weighted by Crippen LogP contribution is 2.32. The van der Waals surface area contributed by atoms with Gasteiger partial charge >= 0.3 is 6.18 Å². The third-order valence-electron chi connectivity index (χ3n) is 2.57. The fraction of sp³-hybridized carbons (Fsp3) is 0.250. The van der Waals surface area contributed by atoms with Gasteiger partial charge in [0.1, 0.15) is 5.71 Å². The minimum atomic E-state index is -4.63. The number of anilines is 1. The predicted octanol–water partition coefficient (Wildman–Crippen LogP) is 3.01. The fourth-order valence-electron chi connectivity index (χ4n) is 1.68. The molecular formula is C12H9ClF3N2OS-. The maximum absolute atomic E-state index is 12.6. The Bertz CT molecular complexity index is 557. The Morgan fingerprint density at radius 1 is 1.30 bits per heavy atom. The number of allylic oxidation sites excluding steroid dienone is 1. The molecule has 1 heterocycles. The Hall–Kier alpha value is -1.34. The molecule has 0 amide bonds. The average Bonchev–Trinajstić information content (AvgIpc) is 2.38. The highest BCUT2D eigenvalue weighted by molar-refractivity contribution is 7.99. The molecule has 8 heteroatoms. The third-order valence-corrected chi connectivity index (χ3v) is 3.56. The van der Waals surface area contributed by atoms with E-state index in [9.17, 15) is 18.3 Å². The quantitative estimate of drug-likeness (QED) is 0.840. The molecule has 0 fully saturated rings. The van der Waals surface area contributed by atoms with Gasteiger partial charge in [0.05, 0.1) is 0 Å². The summed E-state index contributed by atoms with van der Waals surface area (Å²) in [5.41, 5.74) is -1.67. The molecule has 2 rings (SSSR count). The topological polar surface area (TPSA) is 38.7 Å². The summed E-state index contributed by atoms with van der Waals surface area (Å²) in [5, 5.41) is 12.4. The highest BCUT2D eigenvalue weighted by atomic mass is 35.5. The fourth-order valence-corrected chi connectivity index (χ4v) is 2.46. The molecule has 1 aliphatic heterocycles. The lowest BCUT2D eigenvalue weighted by Crippen LogP contribution is -2.42. The third kappa shape index (κ3) is 3.04. The van der Waals surface area contributed by atoms with E-state index in [4.69, 9.17) is 11.6 Å². The number of thioether (sulfide) groups is 1. The van der Waals surface area contributed by atoms with Crippen molar-refractivity contribution >= 4 is 34.8 Å². The van der Waals surface area contributed by atoms with E-state index in [1.165, 1.54) is 4.90 Å². The highest BCUT2D eigenvalue weighted by Gasteiger charge is 2.37. The van der Waals surface area contributed by atoms with E-state index in [2.05, 4.69) is 4.99 Å². The van der Waals surface area contributed by atoms with Gasteiger partial charge in [-0.05, 0) is 42.5 Å².